The highest BCUT2D eigenvalue weighted by Gasteiger charge is 2.06. The Kier molecular flexibility index (Phi) is 3.97. The van der Waals surface area contributed by atoms with Crippen LogP contribution in [0.5, 0.6) is 0 Å². The highest BCUT2D eigenvalue weighted by molar-refractivity contribution is 6.32. The fraction of sp³-hybridized carbons (Fsp3) is 0.500. The summed E-state index contributed by atoms with van der Waals surface area (Å²) in [5.74, 6) is 1.18. The van der Waals surface area contributed by atoms with E-state index in [2.05, 4.69) is 16.8 Å². The first-order valence-electron chi connectivity index (χ1n) is 3.26. The second-order valence-corrected chi connectivity index (χ2v) is 2.35. The molecule has 3 heteroatoms. The van der Waals surface area contributed by atoms with Crippen molar-refractivity contribution in [1.82, 2.24) is 0 Å². The SMILES string of the molecule is CC(=O)C(=O)OC#CC(C)C. The molecule has 0 aliphatic carbocycles. The summed E-state index contributed by atoms with van der Waals surface area (Å²) in [6.07, 6.45) is 2.15. The molecule has 11 heavy (non-hydrogen) atoms. The van der Waals surface area contributed by atoms with Gasteiger partial charge >= 0.3 is 5.97 Å². The Balaban J connectivity index is 3.83. The van der Waals surface area contributed by atoms with Gasteiger partial charge < -0.3 is 4.74 Å². The molecule has 60 valence electrons. The maximum atomic E-state index is 10.5. The van der Waals surface area contributed by atoms with Crippen LogP contribution in [0.3, 0.4) is 0 Å². The molecule has 0 amide bonds. The Morgan fingerprint density at radius 1 is 1.36 bits per heavy atom. The normalized spacial score (nSPS) is 8.36. The van der Waals surface area contributed by atoms with Gasteiger partial charge in [0.15, 0.2) is 0 Å². The third kappa shape index (κ3) is 5.16. The summed E-state index contributed by atoms with van der Waals surface area (Å²) in [6, 6.07) is 0. The van der Waals surface area contributed by atoms with E-state index in [1.807, 2.05) is 13.8 Å². The first-order chi connectivity index (χ1) is 5.04. The fourth-order valence-electron chi connectivity index (χ4n) is 0.266. The molecular weight excluding hydrogens is 144 g/mol. The lowest BCUT2D eigenvalue weighted by Crippen LogP contribution is -2.10. The zero-order chi connectivity index (χ0) is 8.85. The highest BCUT2D eigenvalue weighted by atomic mass is 16.5. The molecule has 0 N–H and O–H groups in total. The number of ether oxygens (including phenoxy) is 1. The van der Waals surface area contributed by atoms with Crippen LogP contribution < -0.4 is 0 Å². The van der Waals surface area contributed by atoms with Crippen molar-refractivity contribution in [3.8, 4) is 12.0 Å². The number of hydrogen-bond acceptors (Lipinski definition) is 3. The summed E-state index contributed by atoms with van der Waals surface area (Å²) in [5.41, 5.74) is 0. The van der Waals surface area contributed by atoms with Crippen molar-refractivity contribution in [3.05, 3.63) is 0 Å². The molecule has 0 bridgehead atoms. The van der Waals surface area contributed by atoms with Crippen molar-refractivity contribution < 1.29 is 14.3 Å². The number of Topliss-reactive ketones (excluding diaryl/α,β-unsaturated/α-hetero) is 1. The van der Waals surface area contributed by atoms with Crippen LogP contribution in [0.15, 0.2) is 0 Å². The van der Waals surface area contributed by atoms with Gasteiger partial charge in [-0.25, -0.2) is 4.79 Å². The Labute approximate surface area is 65.7 Å². The average molecular weight is 154 g/mol. The minimum atomic E-state index is -0.904. The number of carbonyl (C=O) groups excluding carboxylic acids is 2. The van der Waals surface area contributed by atoms with Crippen LogP contribution in [0.25, 0.3) is 0 Å². The molecule has 0 radical (unpaired) electrons. The molecule has 0 aromatic heterocycles. The summed E-state index contributed by atoms with van der Waals surface area (Å²) in [6.45, 7) is 4.85. The average Bonchev–Trinajstić information content (AvgIpc) is 1.86. The molecule has 0 heterocycles. The number of rotatable bonds is 1. The largest absolute Gasteiger partial charge is 0.388 e. The van der Waals surface area contributed by atoms with Crippen LogP contribution in [0.1, 0.15) is 20.8 Å². The molecule has 0 aliphatic heterocycles. The van der Waals surface area contributed by atoms with Crippen molar-refractivity contribution in [2.45, 2.75) is 20.8 Å². The van der Waals surface area contributed by atoms with Crippen LogP contribution in [0.4, 0.5) is 0 Å². The lowest BCUT2D eigenvalue weighted by Gasteiger charge is -1.89. The minimum Gasteiger partial charge on any atom is -0.366 e. The third-order valence-corrected chi connectivity index (χ3v) is 0.779. The molecular formula is C8H10O3. The van der Waals surface area contributed by atoms with E-state index < -0.39 is 11.8 Å². The second-order valence-electron chi connectivity index (χ2n) is 2.35. The van der Waals surface area contributed by atoms with E-state index in [9.17, 15) is 9.59 Å². The van der Waals surface area contributed by atoms with Gasteiger partial charge in [-0.15, -0.1) is 0 Å². The van der Waals surface area contributed by atoms with Gasteiger partial charge in [-0.05, 0) is 0 Å². The number of carbonyl (C=O) groups is 2. The van der Waals surface area contributed by atoms with Crippen LogP contribution in [0.2, 0.25) is 0 Å². The molecule has 0 spiro atoms. The van der Waals surface area contributed by atoms with Crippen LogP contribution in [-0.4, -0.2) is 11.8 Å². The maximum absolute atomic E-state index is 10.5. The lowest BCUT2D eigenvalue weighted by atomic mass is 10.2. The molecule has 3 nitrogen and oxygen atoms in total. The van der Waals surface area contributed by atoms with E-state index in [4.69, 9.17) is 0 Å². The van der Waals surface area contributed by atoms with E-state index in [1.54, 1.807) is 0 Å². The molecule has 0 saturated carbocycles. The van der Waals surface area contributed by atoms with Crippen LogP contribution in [0, 0.1) is 17.9 Å². The Morgan fingerprint density at radius 2 is 1.91 bits per heavy atom. The van der Waals surface area contributed by atoms with Crippen LogP contribution in [-0.2, 0) is 14.3 Å². The van der Waals surface area contributed by atoms with Gasteiger partial charge in [0.05, 0.1) is 0 Å². The monoisotopic (exact) mass is 154 g/mol. The first-order valence-corrected chi connectivity index (χ1v) is 3.26. The predicted molar refractivity (Wildman–Crippen MR) is 39.4 cm³/mol. The maximum Gasteiger partial charge on any atom is 0.388 e. The van der Waals surface area contributed by atoms with Gasteiger partial charge in [0.2, 0.25) is 5.78 Å². The predicted octanol–water partition coefficient (Wildman–Crippen LogP) is 0.736. The van der Waals surface area contributed by atoms with E-state index in [-0.39, 0.29) is 5.92 Å². The van der Waals surface area contributed by atoms with Crippen LogP contribution >= 0.6 is 0 Å². The van der Waals surface area contributed by atoms with E-state index in [0.29, 0.717) is 0 Å². The van der Waals surface area contributed by atoms with Gasteiger partial charge in [0.1, 0.15) is 6.11 Å². The molecule has 0 aromatic carbocycles. The second kappa shape index (κ2) is 4.51. The molecule has 0 aliphatic rings. The van der Waals surface area contributed by atoms with Crippen molar-refractivity contribution in [3.63, 3.8) is 0 Å². The summed E-state index contributed by atoms with van der Waals surface area (Å²) < 4.78 is 4.26. The van der Waals surface area contributed by atoms with Gasteiger partial charge in [-0.1, -0.05) is 19.8 Å². The summed E-state index contributed by atoms with van der Waals surface area (Å²) in [7, 11) is 0. The van der Waals surface area contributed by atoms with Gasteiger partial charge in [0, 0.05) is 12.8 Å². The smallest absolute Gasteiger partial charge is 0.366 e. The summed E-state index contributed by atoms with van der Waals surface area (Å²) >= 11 is 0. The Hall–Kier alpha value is -1.30. The van der Waals surface area contributed by atoms with Crippen molar-refractivity contribution >= 4 is 11.8 Å². The molecule has 0 saturated heterocycles. The lowest BCUT2D eigenvalue weighted by molar-refractivity contribution is -0.147. The zero-order valence-electron chi connectivity index (χ0n) is 6.80. The molecule has 0 unspecified atom stereocenters. The van der Waals surface area contributed by atoms with E-state index in [0.717, 1.165) is 6.92 Å². The molecule has 0 aromatic rings. The number of esters is 1. The summed E-state index contributed by atoms with van der Waals surface area (Å²) in [4.78, 5) is 20.7. The zero-order valence-corrected chi connectivity index (χ0v) is 6.80. The minimum absolute atomic E-state index is 0.134. The molecule has 0 rings (SSSR count). The molecule has 0 atom stereocenters. The fourth-order valence-corrected chi connectivity index (χ4v) is 0.266. The van der Waals surface area contributed by atoms with Gasteiger partial charge in [0.25, 0.3) is 0 Å². The van der Waals surface area contributed by atoms with Crippen molar-refractivity contribution in [2.24, 2.45) is 5.92 Å². The third-order valence-electron chi connectivity index (χ3n) is 0.779. The van der Waals surface area contributed by atoms with Crippen molar-refractivity contribution in [1.29, 1.82) is 0 Å². The number of hydrogen-bond donors (Lipinski definition) is 0. The topological polar surface area (TPSA) is 43.4 Å². The molecule has 0 fully saturated rings. The van der Waals surface area contributed by atoms with Gasteiger partial charge in [-0.3, -0.25) is 4.79 Å². The summed E-state index contributed by atoms with van der Waals surface area (Å²) in [5, 5.41) is 0. The standard InChI is InChI=1S/C8H10O3/c1-6(2)4-5-11-8(10)7(3)9/h6H,1-3H3. The quantitative estimate of drug-likeness (QED) is 0.318. The highest BCUT2D eigenvalue weighted by Crippen LogP contribution is 1.86. The van der Waals surface area contributed by atoms with E-state index in [1.165, 1.54) is 0 Å². The Morgan fingerprint density at radius 3 is 2.27 bits per heavy atom. The van der Waals surface area contributed by atoms with E-state index >= 15 is 0 Å². The Bertz CT molecular complexity index is 217. The number of ketones is 1. The van der Waals surface area contributed by atoms with Gasteiger partial charge in [-0.2, -0.15) is 0 Å². The first kappa shape index (κ1) is 9.70. The van der Waals surface area contributed by atoms with Crippen molar-refractivity contribution in [2.75, 3.05) is 0 Å².